The van der Waals surface area contributed by atoms with Crippen LogP contribution in [0.4, 0.5) is 23.1 Å². The van der Waals surface area contributed by atoms with Crippen molar-refractivity contribution in [2.24, 2.45) is 0 Å². The van der Waals surface area contributed by atoms with Crippen LogP contribution in [-0.4, -0.2) is 58.6 Å². The first-order valence-electron chi connectivity index (χ1n) is 9.50. The van der Waals surface area contributed by atoms with Gasteiger partial charge in [0.1, 0.15) is 6.20 Å². The Bertz CT molecular complexity index is 822. The normalized spacial score (nSPS) is 16.0. The molecule has 2 aromatic rings. The number of hydrogen-bond acceptors (Lipinski definition) is 8. The summed E-state index contributed by atoms with van der Waals surface area (Å²) >= 11 is 0. The lowest BCUT2D eigenvalue weighted by Gasteiger charge is -2.36. The number of anilines is 3. The molecule has 0 bridgehead atoms. The van der Waals surface area contributed by atoms with E-state index in [0.717, 1.165) is 45.3 Å². The molecule has 1 fully saturated rings. The molecule has 1 aromatic heterocycles. The van der Waals surface area contributed by atoms with E-state index in [9.17, 15) is 10.1 Å². The van der Waals surface area contributed by atoms with Crippen LogP contribution in [0.15, 0.2) is 30.5 Å². The Morgan fingerprint density at radius 3 is 2.71 bits per heavy atom. The van der Waals surface area contributed by atoms with E-state index < -0.39 is 4.92 Å². The van der Waals surface area contributed by atoms with Crippen molar-refractivity contribution in [3.05, 3.63) is 46.1 Å². The summed E-state index contributed by atoms with van der Waals surface area (Å²) in [5.41, 5.74) is 7.92. The maximum Gasteiger partial charge on any atom is 0.329 e. The number of nitrogens with two attached hydrogens (primary N) is 1. The number of nitrogen functional groups attached to an aromatic ring is 1. The molecule has 0 spiro atoms. The van der Waals surface area contributed by atoms with Crippen LogP contribution < -0.4 is 16.0 Å². The van der Waals surface area contributed by atoms with Crippen LogP contribution in [0.1, 0.15) is 18.9 Å². The predicted octanol–water partition coefficient (Wildman–Crippen LogP) is 2.29. The standard InChI is InChI=1S/C19H27N7O2/c1-14-4-3-5-16(12-14)25-10-8-24(9-11-25)7-6-15(2)22-19-21-13-17(26(27)28)18(20)23-19/h3-5,12-13,15H,6-11H2,1-2H3,(H3,20,21,22,23). The Balaban J connectivity index is 1.44. The number of hydrogen-bond donors (Lipinski definition) is 2. The average Bonchev–Trinajstić information content (AvgIpc) is 2.66. The van der Waals surface area contributed by atoms with Crippen molar-refractivity contribution in [2.45, 2.75) is 26.3 Å². The third kappa shape index (κ3) is 5.07. The molecule has 1 aromatic carbocycles. The highest BCUT2D eigenvalue weighted by Gasteiger charge is 2.19. The number of nitro groups is 1. The van der Waals surface area contributed by atoms with Gasteiger partial charge in [-0.25, -0.2) is 4.98 Å². The molecule has 3 N–H and O–H groups in total. The van der Waals surface area contributed by atoms with Gasteiger partial charge in [0.2, 0.25) is 11.8 Å². The van der Waals surface area contributed by atoms with Crippen LogP contribution in [0.2, 0.25) is 0 Å². The van der Waals surface area contributed by atoms with Gasteiger partial charge in [0, 0.05) is 44.5 Å². The van der Waals surface area contributed by atoms with E-state index in [2.05, 4.69) is 56.3 Å². The second kappa shape index (κ2) is 8.83. The molecule has 1 unspecified atom stereocenters. The summed E-state index contributed by atoms with van der Waals surface area (Å²) in [4.78, 5) is 23.0. The van der Waals surface area contributed by atoms with Gasteiger partial charge in [-0.1, -0.05) is 12.1 Å². The van der Waals surface area contributed by atoms with Gasteiger partial charge in [0.05, 0.1) is 4.92 Å². The van der Waals surface area contributed by atoms with E-state index in [1.165, 1.54) is 11.3 Å². The highest BCUT2D eigenvalue weighted by molar-refractivity contribution is 5.53. The first-order chi connectivity index (χ1) is 13.4. The topological polar surface area (TPSA) is 113 Å². The lowest BCUT2D eigenvalue weighted by Crippen LogP contribution is -2.47. The fourth-order valence-corrected chi connectivity index (χ4v) is 3.32. The minimum absolute atomic E-state index is 0.123. The van der Waals surface area contributed by atoms with Gasteiger partial charge in [-0.2, -0.15) is 4.98 Å². The van der Waals surface area contributed by atoms with Gasteiger partial charge >= 0.3 is 5.69 Å². The molecule has 1 saturated heterocycles. The Morgan fingerprint density at radius 1 is 1.32 bits per heavy atom. The molecule has 0 aliphatic carbocycles. The molecule has 9 nitrogen and oxygen atoms in total. The largest absolute Gasteiger partial charge is 0.378 e. The van der Waals surface area contributed by atoms with Crippen molar-refractivity contribution < 1.29 is 4.92 Å². The fourth-order valence-electron chi connectivity index (χ4n) is 3.32. The van der Waals surface area contributed by atoms with Gasteiger partial charge in [-0.15, -0.1) is 0 Å². The smallest absolute Gasteiger partial charge is 0.329 e. The monoisotopic (exact) mass is 385 g/mol. The number of nitrogens with one attached hydrogen (secondary N) is 1. The number of rotatable bonds is 7. The fraction of sp³-hybridized carbons (Fsp3) is 0.474. The van der Waals surface area contributed by atoms with Gasteiger partial charge < -0.3 is 16.0 Å². The van der Waals surface area contributed by atoms with E-state index in [1.807, 2.05) is 6.92 Å². The van der Waals surface area contributed by atoms with Crippen molar-refractivity contribution in [3.63, 3.8) is 0 Å². The second-order valence-electron chi connectivity index (χ2n) is 7.22. The summed E-state index contributed by atoms with van der Waals surface area (Å²) in [5, 5.41) is 13.9. The van der Waals surface area contributed by atoms with Crippen LogP contribution in [0, 0.1) is 17.0 Å². The molecule has 150 valence electrons. The predicted molar refractivity (Wildman–Crippen MR) is 111 cm³/mol. The third-order valence-corrected chi connectivity index (χ3v) is 4.99. The molecule has 2 heterocycles. The number of piperazine rings is 1. The number of nitrogens with zero attached hydrogens (tertiary/aromatic N) is 5. The van der Waals surface area contributed by atoms with E-state index in [0.29, 0.717) is 5.95 Å². The van der Waals surface area contributed by atoms with Gasteiger partial charge in [0.15, 0.2) is 0 Å². The third-order valence-electron chi connectivity index (χ3n) is 4.99. The molecule has 1 aliphatic rings. The molecule has 3 rings (SSSR count). The summed E-state index contributed by atoms with van der Waals surface area (Å²) in [6.45, 7) is 9.24. The van der Waals surface area contributed by atoms with Crippen LogP contribution in [0.25, 0.3) is 0 Å². The number of benzene rings is 1. The number of aryl methyl sites for hydroxylation is 1. The Labute approximate surface area is 164 Å². The molecule has 28 heavy (non-hydrogen) atoms. The zero-order valence-corrected chi connectivity index (χ0v) is 16.3. The molecular weight excluding hydrogens is 358 g/mol. The first-order valence-corrected chi connectivity index (χ1v) is 9.50. The maximum atomic E-state index is 10.8. The Morgan fingerprint density at radius 2 is 2.07 bits per heavy atom. The van der Waals surface area contributed by atoms with Crippen molar-refractivity contribution >= 4 is 23.1 Å². The quantitative estimate of drug-likeness (QED) is 0.551. The van der Waals surface area contributed by atoms with E-state index >= 15 is 0 Å². The lowest BCUT2D eigenvalue weighted by atomic mass is 10.1. The molecule has 0 radical (unpaired) electrons. The SMILES string of the molecule is Cc1cccc(N2CCN(CCC(C)Nc3ncc([N+](=O)[O-])c(N)n3)CC2)c1. The molecular formula is C19H27N7O2. The molecule has 1 aliphatic heterocycles. The van der Waals surface area contributed by atoms with E-state index in [-0.39, 0.29) is 17.5 Å². The lowest BCUT2D eigenvalue weighted by molar-refractivity contribution is -0.384. The van der Waals surface area contributed by atoms with Crippen molar-refractivity contribution in [3.8, 4) is 0 Å². The summed E-state index contributed by atoms with van der Waals surface area (Å²) in [7, 11) is 0. The zero-order chi connectivity index (χ0) is 20.1. The van der Waals surface area contributed by atoms with Gasteiger partial charge in [-0.3, -0.25) is 15.0 Å². The van der Waals surface area contributed by atoms with E-state index in [1.54, 1.807) is 0 Å². The van der Waals surface area contributed by atoms with Gasteiger partial charge in [0.25, 0.3) is 0 Å². The van der Waals surface area contributed by atoms with Crippen molar-refractivity contribution in [1.29, 1.82) is 0 Å². The average molecular weight is 385 g/mol. The minimum Gasteiger partial charge on any atom is -0.378 e. The second-order valence-corrected chi connectivity index (χ2v) is 7.22. The van der Waals surface area contributed by atoms with Crippen LogP contribution in [-0.2, 0) is 0 Å². The minimum atomic E-state index is -0.584. The first kappa shape index (κ1) is 19.8. The van der Waals surface area contributed by atoms with Crippen LogP contribution in [0.5, 0.6) is 0 Å². The summed E-state index contributed by atoms with van der Waals surface area (Å²) in [6, 6.07) is 8.77. The Kier molecular flexibility index (Phi) is 6.25. The van der Waals surface area contributed by atoms with Gasteiger partial charge in [-0.05, 0) is 38.0 Å². The van der Waals surface area contributed by atoms with Crippen molar-refractivity contribution in [1.82, 2.24) is 14.9 Å². The summed E-state index contributed by atoms with van der Waals surface area (Å²) in [5.74, 6) is 0.196. The highest BCUT2D eigenvalue weighted by Crippen LogP contribution is 2.20. The van der Waals surface area contributed by atoms with Crippen molar-refractivity contribution in [2.75, 3.05) is 48.7 Å². The van der Waals surface area contributed by atoms with Crippen LogP contribution in [0.3, 0.4) is 0 Å². The van der Waals surface area contributed by atoms with E-state index in [4.69, 9.17) is 5.73 Å². The van der Waals surface area contributed by atoms with Crippen LogP contribution >= 0.6 is 0 Å². The molecule has 9 heteroatoms. The molecule has 1 atom stereocenters. The molecule has 0 amide bonds. The summed E-state index contributed by atoms with van der Waals surface area (Å²) in [6.07, 6.45) is 2.06. The Hall–Kier alpha value is -2.94. The maximum absolute atomic E-state index is 10.8. The summed E-state index contributed by atoms with van der Waals surface area (Å²) < 4.78 is 0. The number of aromatic nitrogens is 2. The molecule has 0 saturated carbocycles. The zero-order valence-electron chi connectivity index (χ0n) is 16.3. The highest BCUT2D eigenvalue weighted by atomic mass is 16.6.